The highest BCUT2D eigenvalue weighted by atomic mass is 15.5. The van der Waals surface area contributed by atoms with E-state index in [2.05, 4.69) is 109 Å². The largest absolute Gasteiger partial charge is 0.353 e. The summed E-state index contributed by atoms with van der Waals surface area (Å²) in [4.78, 5) is 3.89. The summed E-state index contributed by atoms with van der Waals surface area (Å²) < 4.78 is 0. The van der Waals surface area contributed by atoms with Crippen molar-refractivity contribution in [3.63, 3.8) is 0 Å². The highest BCUT2D eigenvalue weighted by molar-refractivity contribution is 6.20. The van der Waals surface area contributed by atoms with Crippen LogP contribution in [-0.4, -0.2) is 15.2 Å². The van der Waals surface area contributed by atoms with Crippen molar-refractivity contribution in [3.8, 4) is 0 Å². The summed E-state index contributed by atoms with van der Waals surface area (Å²) >= 11 is 0. The Morgan fingerprint density at radius 1 is 0.435 bits per heavy atom. The molecule has 11 nitrogen and oxygen atoms in total. The molecule has 6 bridgehead atoms. The lowest BCUT2D eigenvalue weighted by Crippen LogP contribution is -2.26. The molecule has 6 N–H and O–H groups in total. The number of hydrazine groups is 1. The standard InChI is InChI=1S/C58H45N11/c1-6-18-43(19-7-1)59-51-38-40-30-34-42(35-31-40)53-54(63-49-28-16-17-29-50(49)64-65-51)56-57(62-46-24-12-4-13-25-46)58(55(53)61-45-22-10-3-11-23-45)69(68-47-26-14-5-15-27-47)48-36-32-41(33-37-48)39-52(66-67-56)60-44-20-8-2-9-21-44/h1-39,59-63,68H/b51-38?,52-39+,65-64?,67-66?. The number of anilines is 10. The van der Waals surface area contributed by atoms with Gasteiger partial charge in [0, 0.05) is 28.1 Å². The number of nitrogens with one attached hydrogen (secondary N) is 6. The van der Waals surface area contributed by atoms with Gasteiger partial charge in [0.2, 0.25) is 0 Å². The molecule has 0 radical (unpaired) electrons. The molecule has 69 heavy (non-hydrogen) atoms. The average molecular weight is 896 g/mol. The third-order valence-corrected chi connectivity index (χ3v) is 11.5. The van der Waals surface area contributed by atoms with E-state index in [-0.39, 0.29) is 0 Å². The van der Waals surface area contributed by atoms with Crippen LogP contribution in [0.5, 0.6) is 0 Å². The fourth-order valence-corrected chi connectivity index (χ4v) is 8.23. The van der Waals surface area contributed by atoms with E-state index in [9.17, 15) is 0 Å². The van der Waals surface area contributed by atoms with Crippen molar-refractivity contribution in [1.29, 1.82) is 0 Å². The van der Waals surface area contributed by atoms with Crippen LogP contribution in [0.15, 0.2) is 247 Å². The van der Waals surface area contributed by atoms with Gasteiger partial charge in [0.25, 0.3) is 0 Å². The maximum atomic E-state index is 5.35. The smallest absolute Gasteiger partial charge is 0.153 e. The number of fused-ring (bicyclic) bond motifs is 8. The van der Waals surface area contributed by atoms with E-state index >= 15 is 0 Å². The predicted molar refractivity (Wildman–Crippen MR) is 286 cm³/mol. The van der Waals surface area contributed by atoms with E-state index in [1.165, 1.54) is 0 Å². The van der Waals surface area contributed by atoms with E-state index in [1.807, 2.05) is 164 Å². The van der Waals surface area contributed by atoms with Crippen LogP contribution in [0.25, 0.3) is 38.8 Å². The summed E-state index contributed by atoms with van der Waals surface area (Å²) in [7, 11) is 0. The van der Waals surface area contributed by atoms with E-state index < -0.39 is 0 Å². The zero-order chi connectivity index (χ0) is 46.2. The van der Waals surface area contributed by atoms with Gasteiger partial charge in [-0.25, -0.2) is 0 Å². The monoisotopic (exact) mass is 895 g/mol. The molecule has 13 rings (SSSR count). The SMILES string of the molecule is C1=C(\Nc2ccccc2)N=Nc2c(Nc3ccccc3)c(c(Nc3ccccc3)c3c4ccc(cc4)cc(Nc4ccccc4)nnc4ccccc4[nH]c23)N(Nc2ccccc2)c2ccc/1cc2. The van der Waals surface area contributed by atoms with Crippen LogP contribution in [0, 0.1) is 0 Å². The van der Waals surface area contributed by atoms with Gasteiger partial charge >= 0.3 is 0 Å². The second-order valence-corrected chi connectivity index (χ2v) is 16.3. The molecule has 4 heterocycles. The molecule has 0 saturated carbocycles. The van der Waals surface area contributed by atoms with E-state index in [0.717, 1.165) is 67.2 Å². The van der Waals surface area contributed by atoms with Crippen molar-refractivity contribution in [2.75, 3.05) is 31.7 Å². The van der Waals surface area contributed by atoms with Crippen molar-refractivity contribution in [2.45, 2.75) is 0 Å². The first-order valence-electron chi connectivity index (χ1n) is 22.6. The molecule has 11 aromatic rings. The van der Waals surface area contributed by atoms with Crippen LogP contribution in [0.3, 0.4) is 0 Å². The molecular formula is C58H45N11. The molecule has 0 aliphatic carbocycles. The maximum absolute atomic E-state index is 5.35. The van der Waals surface area contributed by atoms with Gasteiger partial charge in [-0.05, 0) is 113 Å². The number of aromatic nitrogens is 3. The second-order valence-electron chi connectivity index (χ2n) is 16.3. The van der Waals surface area contributed by atoms with Crippen LogP contribution in [0.1, 0.15) is 5.56 Å². The predicted octanol–water partition coefficient (Wildman–Crippen LogP) is 15.9. The van der Waals surface area contributed by atoms with Crippen LogP contribution < -0.4 is 31.7 Å². The molecule has 0 atom stereocenters. The minimum absolute atomic E-state index is 0.522. The van der Waals surface area contributed by atoms with Crippen molar-refractivity contribution in [1.82, 2.24) is 15.2 Å². The van der Waals surface area contributed by atoms with Crippen molar-refractivity contribution in [2.24, 2.45) is 10.2 Å². The van der Waals surface area contributed by atoms with Gasteiger partial charge in [-0.2, -0.15) is 0 Å². The molecule has 0 fully saturated rings. The molecule has 9 aromatic carbocycles. The summed E-state index contributed by atoms with van der Waals surface area (Å²) in [5, 5.41) is 39.8. The van der Waals surface area contributed by atoms with Gasteiger partial charge in [0.15, 0.2) is 11.6 Å². The lowest BCUT2D eigenvalue weighted by Gasteiger charge is -2.33. The highest BCUT2D eigenvalue weighted by Gasteiger charge is 2.28. The number of azo groups is 1. The van der Waals surface area contributed by atoms with Gasteiger partial charge in [-0.3, -0.25) is 10.4 Å². The fraction of sp³-hybridized carbons (Fsp3) is 0. The molecule has 0 amide bonds. The van der Waals surface area contributed by atoms with Crippen LogP contribution in [0.2, 0.25) is 0 Å². The Balaban J connectivity index is 1.32. The van der Waals surface area contributed by atoms with Gasteiger partial charge in [0.05, 0.1) is 33.8 Å². The molecule has 2 aliphatic heterocycles. The Morgan fingerprint density at radius 2 is 0.971 bits per heavy atom. The van der Waals surface area contributed by atoms with Crippen LogP contribution >= 0.6 is 0 Å². The molecule has 0 unspecified atom stereocenters. The Morgan fingerprint density at radius 3 is 1.59 bits per heavy atom. The van der Waals surface area contributed by atoms with Gasteiger partial charge < -0.3 is 26.3 Å². The summed E-state index contributed by atoms with van der Waals surface area (Å²) in [6.45, 7) is 0. The van der Waals surface area contributed by atoms with Crippen LogP contribution in [0.4, 0.5) is 62.7 Å². The fourth-order valence-electron chi connectivity index (χ4n) is 8.23. The molecule has 2 aromatic heterocycles. The number of rotatable bonds is 10. The summed E-state index contributed by atoms with van der Waals surface area (Å²) in [5.74, 6) is 1.11. The van der Waals surface area contributed by atoms with Crippen LogP contribution in [-0.2, 0) is 0 Å². The highest BCUT2D eigenvalue weighted by Crippen LogP contribution is 2.53. The minimum atomic E-state index is 0.522. The lowest BCUT2D eigenvalue weighted by molar-refractivity contribution is 1.09. The van der Waals surface area contributed by atoms with E-state index in [0.29, 0.717) is 39.6 Å². The van der Waals surface area contributed by atoms with Gasteiger partial charge in [-0.1, -0.05) is 140 Å². The molecule has 11 heteroatoms. The molecule has 0 spiro atoms. The topological polar surface area (TPSA) is 130 Å². The number of para-hydroxylation sites is 6. The summed E-state index contributed by atoms with van der Waals surface area (Å²) in [6, 6.07) is 77.2. The Bertz CT molecular complexity index is 3550. The molecule has 332 valence electrons. The Kier molecular flexibility index (Phi) is 11.8. The summed E-state index contributed by atoms with van der Waals surface area (Å²) in [6.07, 6.45) is 2.00. The Labute approximate surface area is 398 Å². The van der Waals surface area contributed by atoms with Crippen molar-refractivity contribution in [3.05, 3.63) is 242 Å². The number of benzene rings is 9. The number of H-pyrrole nitrogens is 1. The van der Waals surface area contributed by atoms with E-state index in [1.54, 1.807) is 0 Å². The zero-order valence-electron chi connectivity index (χ0n) is 37.3. The Hall–Kier alpha value is -9.74. The molecule has 2 aliphatic rings. The third-order valence-electron chi connectivity index (χ3n) is 11.5. The number of nitrogens with zero attached hydrogens (tertiary/aromatic N) is 5. The first-order valence-corrected chi connectivity index (χ1v) is 22.6. The summed E-state index contributed by atoms with van der Waals surface area (Å²) in [5.41, 5.74) is 14.6. The van der Waals surface area contributed by atoms with Crippen molar-refractivity contribution < 1.29 is 0 Å². The lowest BCUT2D eigenvalue weighted by atomic mass is 10.0. The minimum Gasteiger partial charge on any atom is -0.353 e. The number of hydrogen-bond acceptors (Lipinski definition) is 10. The molecular weight excluding hydrogens is 851 g/mol. The van der Waals surface area contributed by atoms with Gasteiger partial charge in [-0.15, -0.1) is 20.4 Å². The van der Waals surface area contributed by atoms with Gasteiger partial charge in [0.1, 0.15) is 16.9 Å². The normalized spacial score (nSPS) is 12.5. The first kappa shape index (κ1) is 41.9. The van der Waals surface area contributed by atoms with Crippen molar-refractivity contribution >= 4 is 101 Å². The maximum Gasteiger partial charge on any atom is 0.153 e. The average Bonchev–Trinajstić information content (AvgIpc) is 3.41. The second kappa shape index (κ2) is 19.4. The number of hydrogen-bond donors (Lipinski definition) is 6. The number of aromatic amines is 1. The quantitative estimate of drug-likeness (QED) is 0.0801. The zero-order valence-corrected chi connectivity index (χ0v) is 37.3. The molecule has 0 saturated heterocycles. The third kappa shape index (κ3) is 9.51. The first-order chi connectivity index (χ1) is 34.2. The van der Waals surface area contributed by atoms with E-state index in [4.69, 9.17) is 20.4 Å².